The molecule has 0 bridgehead atoms. The number of nitrogens with one attached hydrogen (secondary N) is 2. The van der Waals surface area contributed by atoms with E-state index >= 15 is 0 Å². The molecule has 54 heavy (non-hydrogen) atoms. The zero-order valence-corrected chi connectivity index (χ0v) is 30.2. The highest BCUT2D eigenvalue weighted by atomic mass is 32.2. The number of carbonyl (C=O) groups excluding carboxylic acids is 1. The lowest BCUT2D eigenvalue weighted by molar-refractivity contribution is -0.137. The van der Waals surface area contributed by atoms with Crippen molar-refractivity contribution in [3.05, 3.63) is 77.5 Å². The van der Waals surface area contributed by atoms with Gasteiger partial charge in [0.05, 0.1) is 60.5 Å². The molecule has 1 aromatic heterocycles. The molecule has 1 fully saturated rings. The zero-order chi connectivity index (χ0) is 39.4. The first-order valence-corrected chi connectivity index (χ1v) is 19.7. The minimum absolute atomic E-state index is 0.00127. The minimum Gasteiger partial charge on any atom is -0.451 e. The van der Waals surface area contributed by atoms with Gasteiger partial charge >= 0.3 is 12.4 Å². The topological polar surface area (TPSA) is 147 Å². The van der Waals surface area contributed by atoms with Crippen molar-refractivity contribution in [3.8, 4) is 33.8 Å². The zero-order valence-electron chi connectivity index (χ0n) is 28.6. The number of ether oxygens (including phenoxy) is 2. The highest BCUT2D eigenvalue weighted by Gasteiger charge is 2.37. The van der Waals surface area contributed by atoms with Gasteiger partial charge in [-0.1, -0.05) is 12.1 Å². The maximum Gasteiger partial charge on any atom is 0.418 e. The predicted molar refractivity (Wildman–Crippen MR) is 188 cm³/mol. The summed E-state index contributed by atoms with van der Waals surface area (Å²) in [4.78, 5) is 21.5. The van der Waals surface area contributed by atoms with E-state index in [-0.39, 0.29) is 51.8 Å². The van der Waals surface area contributed by atoms with Crippen LogP contribution in [-0.2, 0) is 41.9 Å². The molecule has 0 radical (unpaired) electrons. The van der Waals surface area contributed by atoms with Gasteiger partial charge in [-0.2, -0.15) is 26.3 Å². The van der Waals surface area contributed by atoms with Gasteiger partial charge in [0.1, 0.15) is 0 Å². The number of fused-ring (bicyclic) bond motifs is 2. The number of halogens is 6. The third-order valence-corrected chi connectivity index (χ3v) is 9.59. The summed E-state index contributed by atoms with van der Waals surface area (Å²) in [5, 5.41) is 0. The Morgan fingerprint density at radius 1 is 0.778 bits per heavy atom. The molecular formula is C34H31F6N5O7S2. The number of benzene rings is 3. The van der Waals surface area contributed by atoms with Gasteiger partial charge in [0.15, 0.2) is 17.3 Å². The molecule has 0 unspecified atom stereocenters. The van der Waals surface area contributed by atoms with E-state index < -0.39 is 60.8 Å². The minimum atomic E-state index is -4.96. The van der Waals surface area contributed by atoms with E-state index in [0.29, 0.717) is 38.1 Å². The standard InChI is InChI=1S/C34H31F6N5O7S2/c1-19-12-28-29(16-23(19)21-5-7-27(43-54(3,49)50)25(14-21)34(38,39)40)52-30-15-22(17-41-32(30)45(28)31(46)18-44-8-10-51-11-9-44)20-4-6-26(42-53(2,47)48)24(13-20)33(35,36)37/h4-7,12-17,42-43H,8-11,18H2,1-3H3. The van der Waals surface area contributed by atoms with Crippen molar-refractivity contribution < 1.29 is 57.4 Å². The first-order valence-electron chi connectivity index (χ1n) is 15.9. The molecular weight excluding hydrogens is 769 g/mol. The fourth-order valence-electron chi connectivity index (χ4n) is 6.07. The highest BCUT2D eigenvalue weighted by molar-refractivity contribution is 7.92. The SMILES string of the molecule is Cc1cc2c(cc1-c1ccc(NS(C)(=O)=O)c(C(F)(F)F)c1)Oc1cc(-c3ccc(NS(C)(=O)=O)c(C(F)(F)F)c3)cnc1N2C(=O)CN1CCOCC1. The van der Waals surface area contributed by atoms with Crippen LogP contribution >= 0.6 is 0 Å². The van der Waals surface area contributed by atoms with E-state index in [9.17, 15) is 48.0 Å². The molecule has 0 aliphatic carbocycles. The van der Waals surface area contributed by atoms with Crippen LogP contribution in [0, 0.1) is 6.92 Å². The summed E-state index contributed by atoms with van der Waals surface area (Å²) in [5.74, 6) is -0.520. The van der Waals surface area contributed by atoms with Gasteiger partial charge in [0, 0.05) is 24.8 Å². The Bertz CT molecular complexity index is 2370. The third kappa shape index (κ3) is 8.56. The number of rotatable bonds is 8. The van der Waals surface area contributed by atoms with Gasteiger partial charge < -0.3 is 9.47 Å². The molecule has 0 atom stereocenters. The van der Waals surface area contributed by atoms with E-state index in [4.69, 9.17) is 9.47 Å². The number of aryl methyl sites for hydroxylation is 1. The van der Waals surface area contributed by atoms with Crippen molar-refractivity contribution in [3.63, 3.8) is 0 Å². The Balaban J connectivity index is 1.46. The molecule has 2 aliphatic heterocycles. The average Bonchev–Trinajstić information content (AvgIpc) is 3.05. The van der Waals surface area contributed by atoms with Crippen LogP contribution < -0.4 is 19.1 Å². The second kappa shape index (κ2) is 14.1. The smallest absolute Gasteiger partial charge is 0.418 e. The van der Waals surface area contributed by atoms with Crippen LogP contribution in [0.25, 0.3) is 22.3 Å². The number of hydrogen-bond acceptors (Lipinski definition) is 9. The number of sulfonamides is 2. The molecule has 1 saturated heterocycles. The van der Waals surface area contributed by atoms with Crippen LogP contribution in [0.1, 0.15) is 16.7 Å². The molecule has 2 aliphatic rings. The quantitative estimate of drug-likeness (QED) is 0.188. The number of alkyl halides is 6. The number of morpholine rings is 1. The van der Waals surface area contributed by atoms with Gasteiger partial charge in [0.25, 0.3) is 0 Å². The maximum absolute atomic E-state index is 14.1. The Labute approximate surface area is 305 Å². The van der Waals surface area contributed by atoms with Gasteiger partial charge in [0.2, 0.25) is 26.0 Å². The molecule has 4 aromatic rings. The van der Waals surface area contributed by atoms with Crippen LogP contribution in [0.4, 0.5) is 49.2 Å². The molecule has 6 rings (SSSR count). The summed E-state index contributed by atoms with van der Waals surface area (Å²) in [6.45, 7) is 3.22. The van der Waals surface area contributed by atoms with Crippen molar-refractivity contribution in [2.24, 2.45) is 0 Å². The largest absolute Gasteiger partial charge is 0.451 e. The van der Waals surface area contributed by atoms with Crippen LogP contribution in [0.3, 0.4) is 0 Å². The van der Waals surface area contributed by atoms with Crippen LogP contribution in [0.5, 0.6) is 11.5 Å². The molecule has 1 amide bonds. The fraction of sp³-hybridized carbons (Fsp3) is 0.294. The highest BCUT2D eigenvalue weighted by Crippen LogP contribution is 2.50. The fourth-order valence-corrected chi connectivity index (χ4v) is 7.22. The molecule has 12 nitrogen and oxygen atoms in total. The van der Waals surface area contributed by atoms with Crippen LogP contribution in [0.15, 0.2) is 60.8 Å². The first-order chi connectivity index (χ1) is 25.1. The van der Waals surface area contributed by atoms with Crippen molar-refractivity contribution in [1.29, 1.82) is 0 Å². The number of anilines is 4. The van der Waals surface area contributed by atoms with Crippen molar-refractivity contribution in [2.45, 2.75) is 19.3 Å². The summed E-state index contributed by atoms with van der Waals surface area (Å²) >= 11 is 0. The summed E-state index contributed by atoms with van der Waals surface area (Å²) in [5.41, 5.74) is -2.92. The summed E-state index contributed by atoms with van der Waals surface area (Å²) in [6, 6.07) is 10.2. The van der Waals surface area contributed by atoms with Gasteiger partial charge in [-0.05, 0) is 71.6 Å². The van der Waals surface area contributed by atoms with Gasteiger partial charge in [-0.15, -0.1) is 0 Å². The Hall–Kier alpha value is -4.92. The summed E-state index contributed by atoms with van der Waals surface area (Å²) in [7, 11) is -8.12. The summed E-state index contributed by atoms with van der Waals surface area (Å²) < 4.78 is 147. The lowest BCUT2D eigenvalue weighted by Gasteiger charge is -2.33. The number of nitrogens with zero attached hydrogens (tertiary/aromatic N) is 3. The number of hydrogen-bond donors (Lipinski definition) is 2. The monoisotopic (exact) mass is 799 g/mol. The molecule has 3 aromatic carbocycles. The lowest BCUT2D eigenvalue weighted by Crippen LogP contribution is -2.44. The average molecular weight is 800 g/mol. The van der Waals surface area contributed by atoms with E-state index in [0.717, 1.165) is 30.5 Å². The second-order valence-corrected chi connectivity index (χ2v) is 16.2. The van der Waals surface area contributed by atoms with Crippen LogP contribution in [0.2, 0.25) is 0 Å². The van der Waals surface area contributed by atoms with E-state index in [2.05, 4.69) is 4.98 Å². The number of aromatic nitrogens is 1. The van der Waals surface area contributed by atoms with Gasteiger partial charge in [-0.25, -0.2) is 21.8 Å². The Morgan fingerprint density at radius 3 is 1.89 bits per heavy atom. The third-order valence-electron chi connectivity index (χ3n) is 8.41. The van der Waals surface area contributed by atoms with E-state index in [1.54, 1.807) is 6.92 Å². The van der Waals surface area contributed by atoms with Crippen molar-refractivity contribution in [1.82, 2.24) is 9.88 Å². The Morgan fingerprint density at radius 2 is 1.33 bits per heavy atom. The predicted octanol–water partition coefficient (Wildman–Crippen LogP) is 6.61. The van der Waals surface area contributed by atoms with Crippen molar-refractivity contribution >= 4 is 48.8 Å². The summed E-state index contributed by atoms with van der Waals surface area (Å²) in [6.07, 6.45) is -7.24. The molecule has 3 heterocycles. The number of pyridine rings is 1. The molecule has 20 heteroatoms. The normalized spacial score (nSPS) is 15.2. The maximum atomic E-state index is 14.1. The molecule has 0 saturated carbocycles. The van der Waals surface area contributed by atoms with Crippen molar-refractivity contribution in [2.75, 3.05) is 59.7 Å². The van der Waals surface area contributed by atoms with E-state index in [1.165, 1.54) is 41.4 Å². The second-order valence-electron chi connectivity index (χ2n) is 12.7. The lowest BCUT2D eigenvalue weighted by atomic mass is 9.96. The number of carbonyl (C=O) groups is 1. The Kier molecular flexibility index (Phi) is 10.1. The van der Waals surface area contributed by atoms with E-state index in [1.807, 2.05) is 14.3 Å². The first kappa shape index (κ1) is 38.8. The molecule has 2 N–H and O–H groups in total. The van der Waals surface area contributed by atoms with Crippen LogP contribution in [-0.4, -0.2) is 78.0 Å². The number of amides is 1. The van der Waals surface area contributed by atoms with Gasteiger partial charge in [-0.3, -0.25) is 24.0 Å². The molecule has 0 spiro atoms. The molecule has 288 valence electrons.